The number of rotatable bonds is 4. The van der Waals surface area contributed by atoms with E-state index in [4.69, 9.17) is 9.97 Å². The van der Waals surface area contributed by atoms with Gasteiger partial charge in [-0.1, -0.05) is 30.7 Å². The number of hydrogen-bond donors (Lipinski definition) is 1. The van der Waals surface area contributed by atoms with Crippen molar-refractivity contribution in [2.75, 3.05) is 11.9 Å². The van der Waals surface area contributed by atoms with E-state index in [-0.39, 0.29) is 0 Å². The number of thioether (sulfide) groups is 1. The molecule has 1 aromatic carbocycles. The molecule has 0 radical (unpaired) electrons. The molecule has 0 amide bonds. The molecule has 1 aliphatic rings. The van der Waals surface area contributed by atoms with Gasteiger partial charge in [0.15, 0.2) is 5.82 Å². The summed E-state index contributed by atoms with van der Waals surface area (Å²) in [5, 5.41) is 3.46. The van der Waals surface area contributed by atoms with Crippen molar-refractivity contribution >= 4 is 17.6 Å². The molecule has 3 nitrogen and oxygen atoms in total. The van der Waals surface area contributed by atoms with Crippen molar-refractivity contribution in [1.82, 2.24) is 9.97 Å². The Bertz CT molecular complexity index is 625. The fourth-order valence-corrected chi connectivity index (χ4v) is 3.40. The lowest BCUT2D eigenvalue weighted by molar-refractivity contribution is 0.955. The number of hydrogen-bond acceptors (Lipinski definition) is 4. The molecule has 4 heteroatoms. The molecule has 104 valence electrons. The van der Waals surface area contributed by atoms with Crippen LogP contribution in [-0.2, 0) is 11.5 Å². The summed E-state index contributed by atoms with van der Waals surface area (Å²) in [6.07, 6.45) is 1.10. The standard InChI is InChI=1S/C16H19N3S/c1-3-7-17-16-13-9-20-10-14(13)18-15(19-16)12-6-4-5-11(2)8-12/h4-6,8H,3,7,9-10H2,1-2H3,(H,17,18,19). The zero-order valence-corrected chi connectivity index (χ0v) is 12.8. The summed E-state index contributed by atoms with van der Waals surface area (Å²) in [5.41, 5.74) is 4.83. The first-order valence-electron chi connectivity index (χ1n) is 7.06. The van der Waals surface area contributed by atoms with Gasteiger partial charge in [0.05, 0.1) is 5.69 Å². The van der Waals surface area contributed by atoms with E-state index in [2.05, 4.69) is 43.4 Å². The molecular weight excluding hydrogens is 266 g/mol. The van der Waals surface area contributed by atoms with Gasteiger partial charge in [0.25, 0.3) is 0 Å². The third-order valence-electron chi connectivity index (χ3n) is 3.40. The van der Waals surface area contributed by atoms with Crippen LogP contribution < -0.4 is 5.32 Å². The number of nitrogens with one attached hydrogen (secondary N) is 1. The van der Waals surface area contributed by atoms with Crippen LogP contribution in [0.2, 0.25) is 0 Å². The van der Waals surface area contributed by atoms with Crippen LogP contribution in [0, 0.1) is 6.92 Å². The highest BCUT2D eigenvalue weighted by Gasteiger charge is 2.20. The van der Waals surface area contributed by atoms with E-state index in [1.54, 1.807) is 0 Å². The van der Waals surface area contributed by atoms with E-state index >= 15 is 0 Å². The van der Waals surface area contributed by atoms with Gasteiger partial charge in [0, 0.05) is 29.2 Å². The SMILES string of the molecule is CCCNc1nc(-c2cccc(C)c2)nc2c1CSC2. The Morgan fingerprint density at radius 3 is 2.95 bits per heavy atom. The highest BCUT2D eigenvalue weighted by molar-refractivity contribution is 7.98. The van der Waals surface area contributed by atoms with E-state index < -0.39 is 0 Å². The Morgan fingerprint density at radius 1 is 1.25 bits per heavy atom. The molecule has 3 rings (SSSR count). The maximum atomic E-state index is 4.76. The van der Waals surface area contributed by atoms with Crippen LogP contribution in [0.25, 0.3) is 11.4 Å². The maximum absolute atomic E-state index is 4.76. The molecule has 0 spiro atoms. The fraction of sp³-hybridized carbons (Fsp3) is 0.375. The zero-order valence-electron chi connectivity index (χ0n) is 11.9. The van der Waals surface area contributed by atoms with Crippen molar-refractivity contribution in [3.05, 3.63) is 41.1 Å². The summed E-state index contributed by atoms with van der Waals surface area (Å²) in [6, 6.07) is 8.39. The van der Waals surface area contributed by atoms with Crippen LogP contribution in [0.15, 0.2) is 24.3 Å². The Labute approximate surface area is 124 Å². The highest BCUT2D eigenvalue weighted by Crippen LogP contribution is 2.34. The second-order valence-electron chi connectivity index (χ2n) is 5.11. The Morgan fingerprint density at radius 2 is 2.15 bits per heavy atom. The first kappa shape index (κ1) is 13.4. The number of nitrogens with zero attached hydrogens (tertiary/aromatic N) is 2. The van der Waals surface area contributed by atoms with E-state index in [0.717, 1.165) is 41.7 Å². The summed E-state index contributed by atoms with van der Waals surface area (Å²) in [7, 11) is 0. The third-order valence-corrected chi connectivity index (χ3v) is 4.37. The van der Waals surface area contributed by atoms with Crippen molar-refractivity contribution in [1.29, 1.82) is 0 Å². The lowest BCUT2D eigenvalue weighted by atomic mass is 10.1. The average molecular weight is 285 g/mol. The second kappa shape index (κ2) is 5.83. The Balaban J connectivity index is 2.04. The summed E-state index contributed by atoms with van der Waals surface area (Å²) in [5.74, 6) is 3.89. The summed E-state index contributed by atoms with van der Waals surface area (Å²) in [4.78, 5) is 9.52. The summed E-state index contributed by atoms with van der Waals surface area (Å²) >= 11 is 1.92. The molecule has 0 saturated carbocycles. The van der Waals surface area contributed by atoms with Crippen LogP contribution in [-0.4, -0.2) is 16.5 Å². The predicted octanol–water partition coefficient (Wildman–Crippen LogP) is 4.02. The number of anilines is 1. The van der Waals surface area contributed by atoms with Gasteiger partial charge in [-0.3, -0.25) is 0 Å². The van der Waals surface area contributed by atoms with E-state index in [0.29, 0.717) is 0 Å². The third kappa shape index (κ3) is 2.66. The minimum absolute atomic E-state index is 0.841. The quantitative estimate of drug-likeness (QED) is 0.920. The van der Waals surface area contributed by atoms with Crippen molar-refractivity contribution < 1.29 is 0 Å². The van der Waals surface area contributed by atoms with Gasteiger partial charge in [-0.05, 0) is 19.4 Å². The molecule has 20 heavy (non-hydrogen) atoms. The van der Waals surface area contributed by atoms with Crippen LogP contribution in [0.1, 0.15) is 30.2 Å². The largest absolute Gasteiger partial charge is 0.370 e. The van der Waals surface area contributed by atoms with Gasteiger partial charge in [-0.25, -0.2) is 9.97 Å². The Hall–Kier alpha value is -1.55. The summed E-state index contributed by atoms with van der Waals surface area (Å²) < 4.78 is 0. The van der Waals surface area contributed by atoms with Crippen LogP contribution in [0.3, 0.4) is 0 Å². The molecule has 0 bridgehead atoms. The van der Waals surface area contributed by atoms with Crippen molar-refractivity contribution in [2.24, 2.45) is 0 Å². The second-order valence-corrected chi connectivity index (χ2v) is 6.10. The first-order chi connectivity index (χ1) is 9.78. The monoisotopic (exact) mass is 285 g/mol. The van der Waals surface area contributed by atoms with Crippen molar-refractivity contribution in [3.8, 4) is 11.4 Å². The van der Waals surface area contributed by atoms with Gasteiger partial charge >= 0.3 is 0 Å². The van der Waals surface area contributed by atoms with E-state index in [9.17, 15) is 0 Å². The smallest absolute Gasteiger partial charge is 0.161 e. The average Bonchev–Trinajstić information content (AvgIpc) is 2.93. The molecule has 2 aromatic rings. The Kier molecular flexibility index (Phi) is 3.92. The molecule has 2 heterocycles. The van der Waals surface area contributed by atoms with Gasteiger partial charge < -0.3 is 5.32 Å². The maximum Gasteiger partial charge on any atom is 0.161 e. The zero-order chi connectivity index (χ0) is 13.9. The molecule has 1 aliphatic heterocycles. The molecule has 0 aliphatic carbocycles. The highest BCUT2D eigenvalue weighted by atomic mass is 32.2. The molecule has 1 N–H and O–H groups in total. The number of aryl methyl sites for hydroxylation is 1. The van der Waals surface area contributed by atoms with E-state index in [1.807, 2.05) is 11.8 Å². The van der Waals surface area contributed by atoms with Crippen LogP contribution in [0.4, 0.5) is 5.82 Å². The van der Waals surface area contributed by atoms with Gasteiger partial charge in [0.1, 0.15) is 5.82 Å². The predicted molar refractivity (Wildman–Crippen MR) is 86.0 cm³/mol. The normalized spacial score (nSPS) is 13.3. The number of benzene rings is 1. The van der Waals surface area contributed by atoms with E-state index in [1.165, 1.54) is 16.8 Å². The van der Waals surface area contributed by atoms with Crippen molar-refractivity contribution in [3.63, 3.8) is 0 Å². The van der Waals surface area contributed by atoms with Crippen molar-refractivity contribution in [2.45, 2.75) is 31.8 Å². The molecule has 1 aromatic heterocycles. The lowest BCUT2D eigenvalue weighted by Crippen LogP contribution is -2.08. The van der Waals surface area contributed by atoms with Gasteiger partial charge in [0.2, 0.25) is 0 Å². The topological polar surface area (TPSA) is 37.8 Å². The lowest BCUT2D eigenvalue weighted by Gasteiger charge is -2.11. The van der Waals surface area contributed by atoms with Gasteiger partial charge in [-0.2, -0.15) is 11.8 Å². The summed E-state index contributed by atoms with van der Waals surface area (Å²) in [6.45, 7) is 5.23. The van der Waals surface area contributed by atoms with Crippen LogP contribution >= 0.6 is 11.8 Å². The first-order valence-corrected chi connectivity index (χ1v) is 8.22. The van der Waals surface area contributed by atoms with Gasteiger partial charge in [-0.15, -0.1) is 0 Å². The molecule has 0 saturated heterocycles. The molecular formula is C16H19N3S. The number of fused-ring (bicyclic) bond motifs is 1. The molecule has 0 unspecified atom stereocenters. The fourth-order valence-electron chi connectivity index (χ4n) is 2.35. The minimum Gasteiger partial charge on any atom is -0.370 e. The minimum atomic E-state index is 0.841. The molecule has 0 atom stereocenters. The number of aromatic nitrogens is 2. The van der Waals surface area contributed by atoms with Crippen LogP contribution in [0.5, 0.6) is 0 Å². The molecule has 0 fully saturated rings.